The highest BCUT2D eigenvalue weighted by molar-refractivity contribution is 5.86. The van der Waals surface area contributed by atoms with Gasteiger partial charge in [-0.25, -0.2) is 0 Å². The summed E-state index contributed by atoms with van der Waals surface area (Å²) in [4.78, 5) is 12.6. The van der Waals surface area contributed by atoms with E-state index in [1.807, 2.05) is 6.92 Å². The predicted octanol–water partition coefficient (Wildman–Crippen LogP) is 3.10. The lowest BCUT2D eigenvalue weighted by atomic mass is 9.40. The van der Waals surface area contributed by atoms with Crippen molar-refractivity contribution in [2.24, 2.45) is 34.0 Å². The zero-order chi connectivity index (χ0) is 16.6. The molecule has 0 heterocycles. The molecular weight excluding hydrogens is 288 g/mol. The summed E-state index contributed by atoms with van der Waals surface area (Å²) in [6.07, 6.45) is 6.37. The van der Waals surface area contributed by atoms with Gasteiger partial charge in [0.05, 0.1) is 18.1 Å². The first-order valence-corrected chi connectivity index (χ1v) is 9.27. The van der Waals surface area contributed by atoms with Crippen molar-refractivity contribution in [1.29, 1.82) is 0 Å². The third kappa shape index (κ3) is 1.81. The standard InChI is InChI=1S/C20H30O3/c1-12-8-20-9-13(12)4-5-15(20)18(2)7-6-16(23)19(3,11-21)17(18)14(22)10-20/h13-15,17,21-22H,1,4-11H2,2-3H3/t13-,14+,15-,17-,18-,19-,20-/m1/s1. The topological polar surface area (TPSA) is 57.5 Å². The maximum atomic E-state index is 12.6. The van der Waals surface area contributed by atoms with E-state index in [0.29, 0.717) is 18.3 Å². The van der Waals surface area contributed by atoms with Crippen LogP contribution in [-0.4, -0.2) is 28.7 Å². The Hall–Kier alpha value is -0.670. The molecule has 4 fully saturated rings. The second-order valence-corrected chi connectivity index (χ2v) is 9.48. The molecular formula is C20H30O3. The molecule has 4 aliphatic rings. The van der Waals surface area contributed by atoms with Crippen molar-refractivity contribution in [2.45, 2.75) is 64.9 Å². The smallest absolute Gasteiger partial charge is 0.141 e. The van der Waals surface area contributed by atoms with Gasteiger partial charge in [-0.3, -0.25) is 4.79 Å². The Balaban J connectivity index is 1.80. The van der Waals surface area contributed by atoms with E-state index in [1.54, 1.807) is 0 Å². The summed E-state index contributed by atoms with van der Waals surface area (Å²) >= 11 is 0. The number of ketones is 1. The van der Waals surface area contributed by atoms with Gasteiger partial charge in [0, 0.05) is 12.3 Å². The molecule has 1 spiro atoms. The van der Waals surface area contributed by atoms with E-state index >= 15 is 0 Å². The van der Waals surface area contributed by atoms with Gasteiger partial charge >= 0.3 is 0 Å². The van der Waals surface area contributed by atoms with Gasteiger partial charge in [-0.1, -0.05) is 26.0 Å². The van der Waals surface area contributed by atoms with Gasteiger partial charge in [0.2, 0.25) is 0 Å². The summed E-state index contributed by atoms with van der Waals surface area (Å²) < 4.78 is 0. The molecule has 0 aromatic heterocycles. The fourth-order valence-corrected chi connectivity index (χ4v) is 7.58. The Morgan fingerprint density at radius 1 is 1.26 bits per heavy atom. The fourth-order valence-electron chi connectivity index (χ4n) is 7.58. The van der Waals surface area contributed by atoms with Crippen molar-refractivity contribution in [2.75, 3.05) is 6.61 Å². The molecule has 0 unspecified atom stereocenters. The quantitative estimate of drug-likeness (QED) is 0.731. The van der Waals surface area contributed by atoms with Gasteiger partial charge in [0.25, 0.3) is 0 Å². The zero-order valence-corrected chi connectivity index (χ0v) is 14.5. The summed E-state index contributed by atoms with van der Waals surface area (Å²) in [6.45, 7) is 8.36. The van der Waals surface area contributed by atoms with Gasteiger partial charge in [0.15, 0.2) is 0 Å². The highest BCUT2D eigenvalue weighted by atomic mass is 16.3. The maximum absolute atomic E-state index is 12.6. The predicted molar refractivity (Wildman–Crippen MR) is 88.7 cm³/mol. The normalized spacial score (nSPS) is 55.5. The monoisotopic (exact) mass is 318 g/mol. The molecule has 23 heavy (non-hydrogen) atoms. The first-order valence-electron chi connectivity index (χ1n) is 9.27. The molecule has 0 aromatic rings. The first-order chi connectivity index (χ1) is 10.8. The SMILES string of the molecule is C=C1C[C@]23C[C@H]1CC[C@@H]2[C@@]1(C)CCC(=O)[C@@](C)(CO)[C@@H]1[C@@H](O)C3. The first kappa shape index (κ1) is 15.8. The minimum atomic E-state index is -0.777. The fraction of sp³-hybridized carbons (Fsp3) is 0.850. The second kappa shape index (κ2) is 4.70. The summed E-state index contributed by atoms with van der Waals surface area (Å²) in [5.41, 5.74) is 0.763. The number of carbonyl (C=O) groups is 1. The average Bonchev–Trinajstić information content (AvgIpc) is 2.72. The highest BCUT2D eigenvalue weighted by Crippen LogP contribution is 2.71. The molecule has 0 aliphatic heterocycles. The number of Topliss-reactive ketones (excluding diaryl/α,β-unsaturated/α-hetero) is 1. The van der Waals surface area contributed by atoms with E-state index in [9.17, 15) is 15.0 Å². The Labute approximate surface area is 139 Å². The Morgan fingerprint density at radius 3 is 2.70 bits per heavy atom. The number of carbonyl (C=O) groups excluding carboxylic acids is 1. The Morgan fingerprint density at radius 2 is 2.00 bits per heavy atom. The van der Waals surface area contributed by atoms with Crippen molar-refractivity contribution in [1.82, 2.24) is 0 Å². The van der Waals surface area contributed by atoms with Crippen LogP contribution in [0.4, 0.5) is 0 Å². The molecule has 128 valence electrons. The van der Waals surface area contributed by atoms with Crippen molar-refractivity contribution >= 4 is 5.78 Å². The number of hydrogen-bond donors (Lipinski definition) is 2. The molecule has 0 amide bonds. The summed E-state index contributed by atoms with van der Waals surface area (Å²) in [5.74, 6) is 1.23. The van der Waals surface area contributed by atoms with E-state index < -0.39 is 11.5 Å². The van der Waals surface area contributed by atoms with E-state index in [0.717, 1.165) is 19.3 Å². The minimum absolute atomic E-state index is 0.0430. The highest BCUT2D eigenvalue weighted by Gasteiger charge is 2.67. The molecule has 2 bridgehead atoms. The lowest BCUT2D eigenvalue weighted by Crippen LogP contribution is -2.64. The van der Waals surface area contributed by atoms with Gasteiger partial charge in [0.1, 0.15) is 5.78 Å². The third-order valence-corrected chi connectivity index (χ3v) is 8.40. The van der Waals surface area contributed by atoms with Crippen LogP contribution in [0.25, 0.3) is 0 Å². The van der Waals surface area contributed by atoms with Crippen molar-refractivity contribution in [3.05, 3.63) is 12.2 Å². The van der Waals surface area contributed by atoms with E-state index in [2.05, 4.69) is 13.5 Å². The van der Waals surface area contributed by atoms with Crippen LogP contribution in [0.1, 0.15) is 58.8 Å². The van der Waals surface area contributed by atoms with Crippen LogP contribution in [0, 0.1) is 34.0 Å². The van der Waals surface area contributed by atoms with Gasteiger partial charge < -0.3 is 10.2 Å². The number of fused-ring (bicyclic) bond motifs is 3. The zero-order valence-electron chi connectivity index (χ0n) is 14.5. The molecule has 4 aliphatic carbocycles. The van der Waals surface area contributed by atoms with Gasteiger partial charge in [-0.2, -0.15) is 0 Å². The summed E-state index contributed by atoms with van der Waals surface area (Å²) in [7, 11) is 0. The number of rotatable bonds is 1. The average molecular weight is 318 g/mol. The van der Waals surface area contributed by atoms with Crippen LogP contribution in [0.15, 0.2) is 12.2 Å². The van der Waals surface area contributed by atoms with Crippen LogP contribution < -0.4 is 0 Å². The largest absolute Gasteiger partial charge is 0.395 e. The van der Waals surface area contributed by atoms with Crippen LogP contribution in [0.3, 0.4) is 0 Å². The van der Waals surface area contributed by atoms with Crippen LogP contribution >= 0.6 is 0 Å². The molecule has 0 saturated heterocycles. The molecule has 0 radical (unpaired) electrons. The lowest BCUT2D eigenvalue weighted by molar-refractivity contribution is -0.206. The van der Waals surface area contributed by atoms with Crippen LogP contribution in [0.5, 0.6) is 0 Å². The molecule has 3 nitrogen and oxygen atoms in total. The van der Waals surface area contributed by atoms with Gasteiger partial charge in [-0.05, 0) is 61.2 Å². The maximum Gasteiger partial charge on any atom is 0.141 e. The van der Waals surface area contributed by atoms with Crippen molar-refractivity contribution < 1.29 is 15.0 Å². The number of allylic oxidation sites excluding steroid dienone is 1. The molecule has 2 N–H and O–H groups in total. The van der Waals surface area contributed by atoms with Gasteiger partial charge in [-0.15, -0.1) is 0 Å². The number of hydrogen-bond acceptors (Lipinski definition) is 3. The van der Waals surface area contributed by atoms with E-state index in [4.69, 9.17) is 0 Å². The summed E-state index contributed by atoms with van der Waals surface area (Å²) in [6, 6.07) is 0. The van der Waals surface area contributed by atoms with Crippen LogP contribution in [0.2, 0.25) is 0 Å². The van der Waals surface area contributed by atoms with E-state index in [-0.39, 0.29) is 29.1 Å². The van der Waals surface area contributed by atoms with Crippen LogP contribution in [-0.2, 0) is 4.79 Å². The van der Waals surface area contributed by atoms with Crippen molar-refractivity contribution in [3.63, 3.8) is 0 Å². The number of aliphatic hydroxyl groups is 2. The Kier molecular flexibility index (Phi) is 3.23. The van der Waals surface area contributed by atoms with E-state index in [1.165, 1.54) is 24.8 Å². The lowest BCUT2D eigenvalue weighted by Gasteiger charge is -2.64. The Bertz CT molecular complexity index is 569. The molecule has 0 aromatic carbocycles. The second-order valence-electron chi connectivity index (χ2n) is 9.48. The molecule has 7 atom stereocenters. The minimum Gasteiger partial charge on any atom is -0.395 e. The molecule has 4 saturated carbocycles. The summed E-state index contributed by atoms with van der Waals surface area (Å²) in [5, 5.41) is 21.1. The van der Waals surface area contributed by atoms with Crippen molar-refractivity contribution in [3.8, 4) is 0 Å². The molecule has 3 heteroatoms. The molecule has 4 rings (SSSR count). The number of aliphatic hydroxyl groups excluding tert-OH is 2. The third-order valence-electron chi connectivity index (χ3n) is 8.40.